The highest BCUT2D eigenvalue weighted by molar-refractivity contribution is 9.10. The molecule has 0 spiro atoms. The fourth-order valence-electron chi connectivity index (χ4n) is 6.82. The molecule has 82 valence electrons. The van der Waals surface area contributed by atoms with Crippen molar-refractivity contribution in [3.8, 4) is 0 Å². The first-order valence-electron chi connectivity index (χ1n) is 6.92. The van der Waals surface area contributed by atoms with Crippen LogP contribution in [0.4, 0.5) is 0 Å². The molecule has 1 heteroatoms. The van der Waals surface area contributed by atoms with E-state index < -0.39 is 0 Å². The van der Waals surface area contributed by atoms with Crippen LogP contribution >= 0.6 is 15.9 Å². The molecule has 0 aromatic rings. The van der Waals surface area contributed by atoms with Gasteiger partial charge in [0.15, 0.2) is 0 Å². The van der Waals surface area contributed by atoms with E-state index in [1.54, 1.807) is 19.3 Å². The molecule has 0 aromatic carbocycles. The highest BCUT2D eigenvalue weighted by atomic mass is 79.9. The lowest BCUT2D eigenvalue weighted by Gasteiger charge is -2.71. The van der Waals surface area contributed by atoms with Gasteiger partial charge in [0.2, 0.25) is 0 Å². The van der Waals surface area contributed by atoms with Crippen LogP contribution in [0.3, 0.4) is 0 Å². The van der Waals surface area contributed by atoms with Crippen LogP contribution in [0.2, 0.25) is 0 Å². The molecule has 15 heavy (non-hydrogen) atoms. The Bertz CT molecular complexity index is 274. The summed E-state index contributed by atoms with van der Waals surface area (Å²) in [7, 11) is 0. The average molecular weight is 267 g/mol. The van der Waals surface area contributed by atoms with Crippen molar-refractivity contribution in [3.63, 3.8) is 0 Å². The third-order valence-corrected chi connectivity index (χ3v) is 7.89. The van der Waals surface area contributed by atoms with Crippen molar-refractivity contribution in [1.82, 2.24) is 0 Å². The van der Waals surface area contributed by atoms with Crippen molar-refractivity contribution >= 4 is 15.9 Å². The summed E-state index contributed by atoms with van der Waals surface area (Å²) in [4.78, 5) is 0. The minimum absolute atomic E-state index is 0.612. The lowest BCUT2D eigenvalue weighted by molar-refractivity contribution is -0.193. The van der Waals surface area contributed by atoms with E-state index in [2.05, 4.69) is 15.9 Å². The maximum absolute atomic E-state index is 4.11. The molecule has 7 saturated carbocycles. The van der Waals surface area contributed by atoms with Gasteiger partial charge in [0, 0.05) is 4.32 Å². The Kier molecular flexibility index (Phi) is 1.34. The first-order valence-corrected chi connectivity index (χ1v) is 7.72. The van der Waals surface area contributed by atoms with Crippen molar-refractivity contribution < 1.29 is 0 Å². The Labute approximate surface area is 100 Å². The second-order valence-electron chi connectivity index (χ2n) is 7.32. The van der Waals surface area contributed by atoms with Gasteiger partial charge in [-0.3, -0.25) is 0 Å². The lowest BCUT2D eigenvalue weighted by atomic mass is 9.36. The highest BCUT2D eigenvalue weighted by Crippen LogP contribution is 2.73. The largest absolute Gasteiger partial charge is 0.0853 e. The molecule has 0 unspecified atom stereocenters. The molecule has 7 aliphatic carbocycles. The minimum Gasteiger partial charge on any atom is -0.0853 e. The number of alkyl halides is 1. The molecule has 0 amide bonds. The van der Waals surface area contributed by atoms with Gasteiger partial charge in [0.25, 0.3) is 0 Å². The summed E-state index contributed by atoms with van der Waals surface area (Å²) < 4.78 is 0.612. The van der Waals surface area contributed by atoms with Crippen LogP contribution in [0.1, 0.15) is 38.5 Å². The molecule has 0 nitrogen and oxygen atoms in total. The Balaban J connectivity index is 1.69. The molecule has 7 fully saturated rings. The van der Waals surface area contributed by atoms with Crippen LogP contribution in [0, 0.1) is 41.4 Å². The topological polar surface area (TPSA) is 0 Å². The van der Waals surface area contributed by atoms with Gasteiger partial charge in [0.1, 0.15) is 0 Å². The molecule has 0 aromatic heterocycles. The van der Waals surface area contributed by atoms with Crippen molar-refractivity contribution in [2.75, 3.05) is 0 Å². The van der Waals surface area contributed by atoms with E-state index in [4.69, 9.17) is 0 Å². The van der Waals surface area contributed by atoms with E-state index in [9.17, 15) is 0 Å². The van der Waals surface area contributed by atoms with Gasteiger partial charge in [0.05, 0.1) is 0 Å². The van der Waals surface area contributed by atoms with Crippen molar-refractivity contribution in [2.45, 2.75) is 42.8 Å². The van der Waals surface area contributed by atoms with Crippen molar-refractivity contribution in [1.29, 1.82) is 0 Å². The van der Waals surface area contributed by atoms with E-state index >= 15 is 0 Å². The van der Waals surface area contributed by atoms with Gasteiger partial charge >= 0.3 is 0 Å². The summed E-state index contributed by atoms with van der Waals surface area (Å²) in [6, 6.07) is 0. The van der Waals surface area contributed by atoms with Crippen LogP contribution in [0.25, 0.3) is 0 Å². The SMILES string of the molecule is BrC12CC3C4CC5CC3C(C1)C(C5)C4C2. The fraction of sp³-hybridized carbons (Fsp3) is 1.00. The zero-order chi connectivity index (χ0) is 9.78. The van der Waals surface area contributed by atoms with Gasteiger partial charge in [-0.2, -0.15) is 0 Å². The fourth-order valence-corrected chi connectivity index (χ4v) is 7.94. The van der Waals surface area contributed by atoms with Gasteiger partial charge in [-0.05, 0) is 80.0 Å². The molecule has 0 atom stereocenters. The standard InChI is InChI=1S/C14H19Br/c15-14-4-11-8-1-7-2-9(11)13(6-14)10(3-7)12(8)5-14/h7-13H,1-6H2. The number of hydrogen-bond donors (Lipinski definition) is 0. The van der Waals surface area contributed by atoms with Crippen molar-refractivity contribution in [3.05, 3.63) is 0 Å². The summed E-state index contributed by atoms with van der Waals surface area (Å²) >= 11 is 4.11. The Hall–Kier alpha value is 0.480. The van der Waals surface area contributed by atoms with Crippen LogP contribution in [-0.4, -0.2) is 4.32 Å². The summed E-state index contributed by atoms with van der Waals surface area (Å²) in [5, 5.41) is 0. The maximum atomic E-state index is 4.11. The minimum atomic E-state index is 0.612. The van der Waals surface area contributed by atoms with Crippen LogP contribution in [-0.2, 0) is 0 Å². The van der Waals surface area contributed by atoms with E-state index in [0.29, 0.717) is 4.32 Å². The molecule has 0 heterocycles. The van der Waals surface area contributed by atoms with E-state index in [1.807, 2.05) is 0 Å². The molecule has 0 saturated heterocycles. The first-order chi connectivity index (χ1) is 7.23. The maximum Gasteiger partial charge on any atom is 0.0266 e. The Morgan fingerprint density at radius 3 is 1.47 bits per heavy atom. The quantitative estimate of drug-likeness (QED) is 0.585. The van der Waals surface area contributed by atoms with Crippen molar-refractivity contribution in [2.24, 2.45) is 41.4 Å². The molecular weight excluding hydrogens is 248 g/mol. The van der Waals surface area contributed by atoms with E-state index in [-0.39, 0.29) is 0 Å². The molecule has 7 aliphatic rings. The van der Waals surface area contributed by atoms with Crippen LogP contribution in [0.5, 0.6) is 0 Å². The third-order valence-electron chi connectivity index (χ3n) is 6.92. The Morgan fingerprint density at radius 1 is 0.667 bits per heavy atom. The average Bonchev–Trinajstić information content (AvgIpc) is 2.23. The summed E-state index contributed by atoms with van der Waals surface area (Å²) in [5.74, 6) is 8.13. The first kappa shape index (κ1) is 8.55. The predicted molar refractivity (Wildman–Crippen MR) is 63.8 cm³/mol. The summed E-state index contributed by atoms with van der Waals surface area (Å²) in [5.41, 5.74) is 0. The van der Waals surface area contributed by atoms with Crippen LogP contribution < -0.4 is 0 Å². The molecule has 0 N–H and O–H groups in total. The molecule has 0 radical (unpaired) electrons. The van der Waals surface area contributed by atoms with Gasteiger partial charge < -0.3 is 0 Å². The second kappa shape index (κ2) is 2.35. The predicted octanol–water partition coefficient (Wildman–Crippen LogP) is 3.84. The molecule has 8 bridgehead atoms. The van der Waals surface area contributed by atoms with Gasteiger partial charge in [-0.25, -0.2) is 0 Å². The summed E-state index contributed by atoms with van der Waals surface area (Å²) in [6.07, 6.45) is 9.48. The Morgan fingerprint density at radius 2 is 1.07 bits per heavy atom. The van der Waals surface area contributed by atoms with E-state index in [1.165, 1.54) is 37.0 Å². The summed E-state index contributed by atoms with van der Waals surface area (Å²) in [6.45, 7) is 0. The van der Waals surface area contributed by atoms with Crippen LogP contribution in [0.15, 0.2) is 0 Å². The molecule has 7 rings (SSSR count). The van der Waals surface area contributed by atoms with Gasteiger partial charge in [-0.15, -0.1) is 0 Å². The van der Waals surface area contributed by atoms with E-state index in [0.717, 1.165) is 23.7 Å². The number of hydrogen-bond acceptors (Lipinski definition) is 0. The third kappa shape index (κ3) is 0.851. The molecule has 0 aliphatic heterocycles. The van der Waals surface area contributed by atoms with Gasteiger partial charge in [-0.1, -0.05) is 15.9 Å². The number of halogens is 1. The smallest absolute Gasteiger partial charge is 0.0266 e. The normalized spacial score (nSPS) is 73.0. The molecular formula is C14H19Br. The zero-order valence-corrected chi connectivity index (χ0v) is 10.7. The number of rotatable bonds is 0. The highest BCUT2D eigenvalue weighted by Gasteiger charge is 2.66. The lowest BCUT2D eigenvalue weighted by Crippen LogP contribution is -2.65. The monoisotopic (exact) mass is 266 g/mol. The second-order valence-corrected chi connectivity index (χ2v) is 9.00. The zero-order valence-electron chi connectivity index (χ0n) is 9.16.